The molecule has 0 aliphatic carbocycles. The number of hydrogen-bond acceptors (Lipinski definition) is 3. The zero-order valence-corrected chi connectivity index (χ0v) is 11.8. The van der Waals surface area contributed by atoms with Crippen molar-refractivity contribution in [3.8, 4) is 0 Å². The lowest BCUT2D eigenvalue weighted by molar-refractivity contribution is 0.0702. The second kappa shape index (κ2) is 5.15. The van der Waals surface area contributed by atoms with Gasteiger partial charge in [-0.15, -0.1) is 22.7 Å². The first kappa shape index (κ1) is 12.4. The molecule has 2 nitrogen and oxygen atoms in total. The lowest BCUT2D eigenvalue weighted by Gasteiger charge is -1.99. The maximum absolute atomic E-state index is 11.0. The van der Waals surface area contributed by atoms with Crippen LogP contribution in [0.25, 0.3) is 9.40 Å². The average molecular weight is 288 g/mol. The molecule has 3 aromatic rings. The van der Waals surface area contributed by atoms with E-state index in [0.29, 0.717) is 4.88 Å². The topological polar surface area (TPSA) is 37.3 Å². The molecule has 96 valence electrons. The normalized spacial score (nSPS) is 10.9. The van der Waals surface area contributed by atoms with Crippen molar-refractivity contribution in [2.24, 2.45) is 0 Å². The van der Waals surface area contributed by atoms with Gasteiger partial charge in [-0.3, -0.25) is 0 Å². The number of thiophene rings is 2. The molecule has 0 saturated carbocycles. The molecular weight excluding hydrogens is 276 g/mol. The van der Waals surface area contributed by atoms with E-state index >= 15 is 0 Å². The molecule has 1 aromatic carbocycles. The SMILES string of the molecule is O=C(O)c1cc2scc(CCc3ccccc3)c2s1. The van der Waals surface area contributed by atoms with Gasteiger partial charge in [0.1, 0.15) is 4.88 Å². The molecule has 0 radical (unpaired) electrons. The van der Waals surface area contributed by atoms with Crippen LogP contribution in [0.2, 0.25) is 0 Å². The van der Waals surface area contributed by atoms with Crippen LogP contribution in [0.4, 0.5) is 0 Å². The fourth-order valence-electron chi connectivity index (χ4n) is 2.08. The summed E-state index contributed by atoms with van der Waals surface area (Å²) < 4.78 is 2.23. The second-order valence-electron chi connectivity index (χ2n) is 4.36. The van der Waals surface area contributed by atoms with E-state index in [1.165, 1.54) is 22.5 Å². The smallest absolute Gasteiger partial charge is 0.345 e. The van der Waals surface area contributed by atoms with E-state index in [0.717, 1.165) is 22.2 Å². The van der Waals surface area contributed by atoms with Crippen molar-refractivity contribution in [2.75, 3.05) is 0 Å². The number of hydrogen-bond donors (Lipinski definition) is 1. The lowest BCUT2D eigenvalue weighted by Crippen LogP contribution is -1.90. The van der Waals surface area contributed by atoms with Crippen LogP contribution in [0.3, 0.4) is 0 Å². The van der Waals surface area contributed by atoms with Gasteiger partial charge in [-0.1, -0.05) is 30.3 Å². The molecule has 0 spiro atoms. The highest BCUT2D eigenvalue weighted by atomic mass is 32.1. The zero-order chi connectivity index (χ0) is 13.2. The summed E-state index contributed by atoms with van der Waals surface area (Å²) in [6.07, 6.45) is 1.95. The van der Waals surface area contributed by atoms with Crippen LogP contribution in [0, 0.1) is 0 Å². The van der Waals surface area contributed by atoms with Gasteiger partial charge in [-0.05, 0) is 35.4 Å². The minimum absolute atomic E-state index is 0.433. The number of aryl methyl sites for hydroxylation is 2. The molecule has 0 unspecified atom stereocenters. The van der Waals surface area contributed by atoms with Gasteiger partial charge >= 0.3 is 5.97 Å². The van der Waals surface area contributed by atoms with E-state index < -0.39 is 5.97 Å². The van der Waals surface area contributed by atoms with Gasteiger partial charge in [0.05, 0.1) is 0 Å². The van der Waals surface area contributed by atoms with Crippen LogP contribution < -0.4 is 0 Å². The van der Waals surface area contributed by atoms with Gasteiger partial charge in [0.2, 0.25) is 0 Å². The Labute approximate surface area is 119 Å². The first-order chi connectivity index (χ1) is 9.24. The van der Waals surface area contributed by atoms with Crippen molar-refractivity contribution in [2.45, 2.75) is 12.8 Å². The lowest BCUT2D eigenvalue weighted by atomic mass is 10.1. The molecule has 0 amide bonds. The molecule has 0 fully saturated rings. The molecular formula is C15H12O2S2. The van der Waals surface area contributed by atoms with Crippen LogP contribution in [0.15, 0.2) is 41.8 Å². The van der Waals surface area contributed by atoms with Crippen LogP contribution in [0.5, 0.6) is 0 Å². The Morgan fingerprint density at radius 2 is 1.95 bits per heavy atom. The number of fused-ring (bicyclic) bond motifs is 1. The zero-order valence-electron chi connectivity index (χ0n) is 10.1. The quantitative estimate of drug-likeness (QED) is 0.770. The van der Waals surface area contributed by atoms with Gasteiger partial charge in [0, 0.05) is 9.40 Å². The highest BCUT2D eigenvalue weighted by Crippen LogP contribution is 2.34. The molecule has 2 heterocycles. The van der Waals surface area contributed by atoms with E-state index in [1.807, 2.05) is 18.2 Å². The molecule has 2 aromatic heterocycles. The Hall–Kier alpha value is -1.65. The highest BCUT2D eigenvalue weighted by molar-refractivity contribution is 7.28. The molecule has 0 saturated heterocycles. The molecule has 0 aliphatic rings. The Balaban J connectivity index is 1.83. The number of rotatable bonds is 4. The van der Waals surface area contributed by atoms with Gasteiger partial charge in [-0.25, -0.2) is 4.79 Å². The Bertz CT molecular complexity index is 710. The molecule has 1 N–H and O–H groups in total. The van der Waals surface area contributed by atoms with E-state index in [2.05, 4.69) is 17.5 Å². The molecule has 19 heavy (non-hydrogen) atoms. The molecule has 0 aliphatic heterocycles. The largest absolute Gasteiger partial charge is 0.477 e. The number of carboxylic acids is 1. The first-order valence-electron chi connectivity index (χ1n) is 6.01. The summed E-state index contributed by atoms with van der Waals surface area (Å²) in [7, 11) is 0. The third-order valence-electron chi connectivity index (χ3n) is 3.05. The van der Waals surface area contributed by atoms with Gasteiger partial charge < -0.3 is 5.11 Å². The third kappa shape index (κ3) is 2.55. The fourth-order valence-corrected chi connectivity index (χ4v) is 4.36. The van der Waals surface area contributed by atoms with Gasteiger partial charge in [0.25, 0.3) is 0 Å². The summed E-state index contributed by atoms with van der Waals surface area (Å²) in [5.41, 5.74) is 2.58. The Morgan fingerprint density at radius 3 is 2.68 bits per heavy atom. The van der Waals surface area contributed by atoms with Crippen molar-refractivity contribution >= 4 is 38.0 Å². The van der Waals surface area contributed by atoms with Crippen molar-refractivity contribution < 1.29 is 9.90 Å². The summed E-state index contributed by atoms with van der Waals surface area (Å²) in [6, 6.07) is 12.1. The number of aromatic carboxylic acids is 1. The van der Waals surface area contributed by atoms with Gasteiger partial charge in [-0.2, -0.15) is 0 Å². The fraction of sp³-hybridized carbons (Fsp3) is 0.133. The molecule has 4 heteroatoms. The third-order valence-corrected chi connectivity index (χ3v) is 5.36. The number of carbonyl (C=O) groups is 1. The van der Waals surface area contributed by atoms with Crippen LogP contribution >= 0.6 is 22.7 Å². The predicted octanol–water partition coefficient (Wildman–Crippen LogP) is 4.45. The minimum Gasteiger partial charge on any atom is -0.477 e. The minimum atomic E-state index is -0.831. The Morgan fingerprint density at radius 1 is 1.16 bits per heavy atom. The van der Waals surface area contributed by atoms with E-state index in [4.69, 9.17) is 5.11 Å². The predicted molar refractivity (Wildman–Crippen MR) is 80.5 cm³/mol. The summed E-state index contributed by atoms with van der Waals surface area (Å²) >= 11 is 3.02. The number of carboxylic acid groups (broad SMARTS) is 1. The first-order valence-corrected chi connectivity index (χ1v) is 7.71. The van der Waals surface area contributed by atoms with E-state index in [9.17, 15) is 4.79 Å². The maximum atomic E-state index is 11.0. The molecule has 0 bridgehead atoms. The summed E-state index contributed by atoms with van der Waals surface area (Å²) in [4.78, 5) is 11.4. The average Bonchev–Trinajstić information content (AvgIpc) is 2.98. The summed E-state index contributed by atoms with van der Waals surface area (Å²) in [5.74, 6) is -0.831. The Kier molecular flexibility index (Phi) is 3.36. The van der Waals surface area contributed by atoms with E-state index in [-0.39, 0.29) is 0 Å². The van der Waals surface area contributed by atoms with Crippen molar-refractivity contribution in [3.05, 3.63) is 57.8 Å². The van der Waals surface area contributed by atoms with E-state index in [1.54, 1.807) is 17.4 Å². The molecule has 0 atom stereocenters. The van der Waals surface area contributed by atoms with Crippen molar-refractivity contribution in [1.29, 1.82) is 0 Å². The second-order valence-corrected chi connectivity index (χ2v) is 6.32. The van der Waals surface area contributed by atoms with Crippen LogP contribution in [-0.4, -0.2) is 11.1 Å². The summed E-state index contributed by atoms with van der Waals surface area (Å²) in [6.45, 7) is 0. The van der Waals surface area contributed by atoms with Gasteiger partial charge in [0.15, 0.2) is 0 Å². The van der Waals surface area contributed by atoms with Crippen LogP contribution in [0.1, 0.15) is 20.8 Å². The maximum Gasteiger partial charge on any atom is 0.345 e. The standard InChI is InChI=1S/C15H12O2S2/c16-15(17)13-8-12-14(19-13)11(9-18-12)7-6-10-4-2-1-3-5-10/h1-5,8-9H,6-7H2,(H,16,17). The van der Waals surface area contributed by atoms with Crippen molar-refractivity contribution in [3.63, 3.8) is 0 Å². The summed E-state index contributed by atoms with van der Waals surface area (Å²) in [5, 5.41) is 11.2. The number of benzene rings is 1. The van der Waals surface area contributed by atoms with Crippen LogP contribution in [-0.2, 0) is 12.8 Å². The van der Waals surface area contributed by atoms with Crippen molar-refractivity contribution in [1.82, 2.24) is 0 Å². The molecule has 3 rings (SSSR count). The highest BCUT2D eigenvalue weighted by Gasteiger charge is 2.12. The monoisotopic (exact) mass is 288 g/mol.